The molecule has 36 heavy (non-hydrogen) atoms. The van der Waals surface area contributed by atoms with Crippen LogP contribution in [-0.2, 0) is 32.7 Å². The van der Waals surface area contributed by atoms with Gasteiger partial charge in [0.05, 0.1) is 13.2 Å². The Labute approximate surface area is 218 Å². The van der Waals surface area contributed by atoms with Gasteiger partial charge in [0.15, 0.2) is 6.10 Å². The number of phosphoric acid groups is 1. The van der Waals surface area contributed by atoms with Crippen LogP contribution >= 0.6 is 7.82 Å². The van der Waals surface area contributed by atoms with Gasteiger partial charge < -0.3 is 20.1 Å². The fourth-order valence-corrected chi connectivity index (χ4v) is 4.38. The van der Waals surface area contributed by atoms with Crippen LogP contribution in [0.3, 0.4) is 0 Å². The van der Waals surface area contributed by atoms with Gasteiger partial charge in [-0.05, 0) is 12.8 Å². The lowest BCUT2D eigenvalue weighted by Crippen LogP contribution is -2.29. The quantitative estimate of drug-likeness (QED) is 0.0750. The van der Waals surface area contributed by atoms with Gasteiger partial charge in [-0.25, -0.2) is 4.57 Å². The number of hydrogen-bond donors (Lipinski definition) is 2. The SMILES string of the molecule is CCCCCCCCCCCCCCCC(=O)OC(COC(=O)CCCC)COP(=O)(O)OCCN. The van der Waals surface area contributed by atoms with E-state index in [-0.39, 0.29) is 32.6 Å². The molecule has 2 atom stereocenters. The number of ether oxygens (including phenoxy) is 2. The number of rotatable bonds is 26. The Kier molecular flexibility index (Phi) is 23.7. The van der Waals surface area contributed by atoms with E-state index >= 15 is 0 Å². The summed E-state index contributed by atoms with van der Waals surface area (Å²) in [7, 11) is -4.33. The third kappa shape index (κ3) is 23.4. The highest BCUT2D eigenvalue weighted by molar-refractivity contribution is 7.47. The summed E-state index contributed by atoms with van der Waals surface area (Å²) in [6.07, 6.45) is 16.8. The highest BCUT2D eigenvalue weighted by Gasteiger charge is 2.25. The molecule has 0 aliphatic carbocycles. The molecular weight excluding hydrogens is 485 g/mol. The maximum Gasteiger partial charge on any atom is 0.472 e. The van der Waals surface area contributed by atoms with E-state index in [0.29, 0.717) is 12.8 Å². The maximum absolute atomic E-state index is 12.3. The average Bonchev–Trinajstić information content (AvgIpc) is 2.86. The second-order valence-corrected chi connectivity index (χ2v) is 10.7. The summed E-state index contributed by atoms with van der Waals surface area (Å²) < 4.78 is 31.9. The molecule has 3 N–H and O–H groups in total. The molecule has 0 heterocycles. The third-order valence-electron chi connectivity index (χ3n) is 5.74. The molecule has 0 fully saturated rings. The normalized spacial score (nSPS) is 13.8. The van der Waals surface area contributed by atoms with E-state index in [1.165, 1.54) is 64.2 Å². The lowest BCUT2D eigenvalue weighted by Gasteiger charge is -2.19. The van der Waals surface area contributed by atoms with Gasteiger partial charge in [0.2, 0.25) is 0 Å². The first-order valence-electron chi connectivity index (χ1n) is 14.0. The van der Waals surface area contributed by atoms with Gasteiger partial charge in [0.1, 0.15) is 6.61 Å². The van der Waals surface area contributed by atoms with Crippen LogP contribution in [0.15, 0.2) is 0 Å². The number of nitrogens with two attached hydrogens (primary N) is 1. The van der Waals surface area contributed by atoms with Crippen LogP contribution in [0.25, 0.3) is 0 Å². The predicted octanol–water partition coefficient (Wildman–Crippen LogP) is 6.21. The van der Waals surface area contributed by atoms with Gasteiger partial charge in [-0.15, -0.1) is 0 Å². The minimum absolute atomic E-state index is 0.0560. The molecule has 2 unspecified atom stereocenters. The fraction of sp³-hybridized carbons (Fsp3) is 0.923. The van der Waals surface area contributed by atoms with E-state index in [9.17, 15) is 19.0 Å². The summed E-state index contributed by atoms with van der Waals surface area (Å²) in [5, 5.41) is 0. The van der Waals surface area contributed by atoms with Crippen molar-refractivity contribution in [3.8, 4) is 0 Å². The summed E-state index contributed by atoms with van der Waals surface area (Å²) in [5.74, 6) is -0.868. The standard InChI is InChI=1S/C26H52NO8P/c1-3-5-7-8-9-10-11-12-13-14-15-16-17-19-26(29)35-24(22-32-25(28)18-6-4-2)23-34-36(30,31)33-21-20-27/h24H,3-23,27H2,1-2H3,(H,30,31). The van der Waals surface area contributed by atoms with Crippen LogP contribution in [0.1, 0.15) is 123 Å². The first kappa shape index (κ1) is 35.0. The van der Waals surface area contributed by atoms with Gasteiger partial charge in [-0.1, -0.05) is 97.3 Å². The zero-order valence-corrected chi connectivity index (χ0v) is 23.7. The highest BCUT2D eigenvalue weighted by Crippen LogP contribution is 2.43. The van der Waals surface area contributed by atoms with Crippen molar-refractivity contribution in [1.29, 1.82) is 0 Å². The van der Waals surface area contributed by atoms with E-state index in [0.717, 1.165) is 19.3 Å². The number of unbranched alkanes of at least 4 members (excludes halogenated alkanes) is 13. The Morgan fingerprint density at radius 1 is 0.722 bits per heavy atom. The highest BCUT2D eigenvalue weighted by atomic mass is 31.2. The zero-order chi connectivity index (χ0) is 26.9. The van der Waals surface area contributed by atoms with Crippen molar-refractivity contribution in [3.05, 3.63) is 0 Å². The summed E-state index contributed by atoms with van der Waals surface area (Å²) in [6.45, 7) is 3.43. The number of carbonyl (C=O) groups excluding carboxylic acids is 2. The van der Waals surface area contributed by atoms with Crippen molar-refractivity contribution >= 4 is 19.8 Å². The predicted molar refractivity (Wildman–Crippen MR) is 141 cm³/mol. The maximum atomic E-state index is 12.3. The van der Waals surface area contributed by atoms with Crippen LogP contribution in [0.4, 0.5) is 0 Å². The number of phosphoric ester groups is 1. The van der Waals surface area contributed by atoms with Gasteiger partial charge in [-0.2, -0.15) is 0 Å². The Morgan fingerprint density at radius 3 is 1.75 bits per heavy atom. The second-order valence-electron chi connectivity index (χ2n) is 9.28. The molecule has 0 bridgehead atoms. The molecule has 10 heteroatoms. The monoisotopic (exact) mass is 537 g/mol. The first-order valence-corrected chi connectivity index (χ1v) is 15.5. The largest absolute Gasteiger partial charge is 0.472 e. The molecule has 0 rings (SSSR count). The molecule has 0 aromatic heterocycles. The average molecular weight is 538 g/mol. The van der Waals surface area contributed by atoms with Crippen LogP contribution in [0, 0.1) is 0 Å². The number of carbonyl (C=O) groups is 2. The van der Waals surface area contributed by atoms with Crippen molar-refractivity contribution in [2.45, 2.75) is 129 Å². The van der Waals surface area contributed by atoms with Crippen molar-refractivity contribution in [1.82, 2.24) is 0 Å². The molecule has 0 aliphatic rings. The molecular formula is C26H52NO8P. The van der Waals surface area contributed by atoms with Crippen molar-refractivity contribution in [2.24, 2.45) is 5.73 Å². The smallest absolute Gasteiger partial charge is 0.462 e. The van der Waals surface area contributed by atoms with Crippen molar-refractivity contribution in [2.75, 3.05) is 26.4 Å². The summed E-state index contributed by atoms with van der Waals surface area (Å²) in [5.41, 5.74) is 5.26. The van der Waals surface area contributed by atoms with Gasteiger partial charge >= 0.3 is 19.8 Å². The Hall–Kier alpha value is -0.990. The number of esters is 2. The van der Waals surface area contributed by atoms with Crippen LogP contribution in [0.5, 0.6) is 0 Å². The molecule has 0 radical (unpaired) electrons. The van der Waals surface area contributed by atoms with E-state index < -0.39 is 32.5 Å². The molecule has 0 aromatic rings. The van der Waals surface area contributed by atoms with E-state index in [4.69, 9.17) is 19.7 Å². The molecule has 9 nitrogen and oxygen atoms in total. The molecule has 0 aliphatic heterocycles. The summed E-state index contributed by atoms with van der Waals surface area (Å²) in [6, 6.07) is 0. The van der Waals surface area contributed by atoms with Gasteiger partial charge in [0, 0.05) is 19.4 Å². The van der Waals surface area contributed by atoms with E-state index in [2.05, 4.69) is 11.4 Å². The van der Waals surface area contributed by atoms with Crippen LogP contribution in [0.2, 0.25) is 0 Å². The molecule has 0 aromatic carbocycles. The minimum atomic E-state index is -4.33. The summed E-state index contributed by atoms with van der Waals surface area (Å²) in [4.78, 5) is 33.7. The molecule has 0 amide bonds. The lowest BCUT2D eigenvalue weighted by molar-refractivity contribution is -0.161. The third-order valence-corrected chi connectivity index (χ3v) is 6.73. The van der Waals surface area contributed by atoms with Crippen LogP contribution < -0.4 is 5.73 Å². The lowest BCUT2D eigenvalue weighted by atomic mass is 10.0. The van der Waals surface area contributed by atoms with Crippen molar-refractivity contribution in [3.63, 3.8) is 0 Å². The van der Waals surface area contributed by atoms with E-state index in [1.807, 2.05) is 6.92 Å². The van der Waals surface area contributed by atoms with Crippen LogP contribution in [-0.4, -0.2) is 49.3 Å². The molecule has 0 saturated carbocycles. The Balaban J connectivity index is 4.14. The van der Waals surface area contributed by atoms with E-state index in [1.54, 1.807) is 0 Å². The molecule has 214 valence electrons. The fourth-order valence-electron chi connectivity index (χ4n) is 3.61. The van der Waals surface area contributed by atoms with Crippen molar-refractivity contribution < 1.29 is 37.6 Å². The topological polar surface area (TPSA) is 134 Å². The Morgan fingerprint density at radius 2 is 1.22 bits per heavy atom. The number of hydrogen-bond acceptors (Lipinski definition) is 8. The molecule has 0 saturated heterocycles. The van der Waals surface area contributed by atoms with Gasteiger partial charge in [-0.3, -0.25) is 18.6 Å². The minimum Gasteiger partial charge on any atom is -0.462 e. The first-order chi connectivity index (χ1) is 17.3. The second kappa shape index (κ2) is 24.4. The zero-order valence-electron chi connectivity index (χ0n) is 22.8. The Bertz CT molecular complexity index is 590. The van der Waals surface area contributed by atoms with Gasteiger partial charge in [0.25, 0.3) is 0 Å². The molecule has 0 spiro atoms. The summed E-state index contributed by atoms with van der Waals surface area (Å²) >= 11 is 0.